The first-order valence-electron chi connectivity index (χ1n) is 15.7. The molecule has 1 aliphatic rings. The van der Waals surface area contributed by atoms with Crippen LogP contribution in [0.1, 0.15) is 12.3 Å². The maximum atomic E-state index is 9.13. The quantitative estimate of drug-likeness (QED) is 0.258. The maximum Gasteiger partial charge on any atom is 0.135 e. The zero-order valence-electron chi connectivity index (χ0n) is 27.4. The standard InChI is InChI=1S/C34H22O/c1-2-9-23(10-3-1)24-17-19-25(20-18-24)26-11-4-5-12-27(26)28-21-22-33-34-30(28)14-8-15-31(34)29-13-6-7-16-32(29)35-33/h1-22H/i6D,7D,8D,13D,14D,15D,16D,21D,22D. The zero-order chi connectivity index (χ0) is 31.0. The van der Waals surface area contributed by atoms with Gasteiger partial charge >= 0.3 is 0 Å². The molecule has 0 saturated heterocycles. The van der Waals surface area contributed by atoms with Crippen molar-refractivity contribution in [3.63, 3.8) is 0 Å². The van der Waals surface area contributed by atoms with E-state index in [-0.39, 0.29) is 57.1 Å². The smallest absolute Gasteiger partial charge is 0.135 e. The van der Waals surface area contributed by atoms with Gasteiger partial charge in [-0.25, -0.2) is 0 Å². The summed E-state index contributed by atoms with van der Waals surface area (Å²) in [6.45, 7) is 0. The van der Waals surface area contributed by atoms with Gasteiger partial charge in [-0.2, -0.15) is 0 Å². The van der Waals surface area contributed by atoms with Gasteiger partial charge in [0.1, 0.15) is 11.5 Å². The number of hydrogen-bond donors (Lipinski definition) is 0. The zero-order valence-corrected chi connectivity index (χ0v) is 18.4. The SMILES string of the molecule is [2H]c1c([2H])c([2H])c2c(c1[2H])Oc1c([2H])c([2H])c(-c3ccccc3-c3ccc(-c4ccccc4)cc3)c3c([2H])c([2H])c([2H])c-2c13. The number of fused-ring (bicyclic) bond motifs is 2. The van der Waals surface area contributed by atoms with Crippen LogP contribution in [0.3, 0.4) is 0 Å². The summed E-state index contributed by atoms with van der Waals surface area (Å²) in [6, 6.07) is 21.4. The van der Waals surface area contributed by atoms with Crippen LogP contribution in [0.15, 0.2) is 133 Å². The number of ether oxygens (including phenoxy) is 1. The molecule has 0 aromatic heterocycles. The Balaban J connectivity index is 1.56. The van der Waals surface area contributed by atoms with Gasteiger partial charge in [-0.1, -0.05) is 121 Å². The van der Waals surface area contributed by atoms with Crippen molar-refractivity contribution in [2.24, 2.45) is 0 Å². The summed E-state index contributed by atoms with van der Waals surface area (Å²) in [5.41, 5.74) is 4.31. The summed E-state index contributed by atoms with van der Waals surface area (Å²) in [6.07, 6.45) is 0. The van der Waals surface area contributed by atoms with Crippen molar-refractivity contribution in [1.29, 1.82) is 0 Å². The van der Waals surface area contributed by atoms with E-state index in [2.05, 4.69) is 0 Å². The number of hydrogen-bond acceptors (Lipinski definition) is 1. The molecular formula is C34H22O. The maximum absolute atomic E-state index is 9.13. The molecule has 1 aliphatic heterocycles. The van der Waals surface area contributed by atoms with E-state index >= 15 is 0 Å². The lowest BCUT2D eigenvalue weighted by Gasteiger charge is -2.23. The monoisotopic (exact) mass is 455 g/mol. The first-order valence-corrected chi connectivity index (χ1v) is 11.2. The molecule has 1 heteroatoms. The molecule has 1 heterocycles. The summed E-state index contributed by atoms with van der Waals surface area (Å²) in [7, 11) is 0. The Morgan fingerprint density at radius 2 is 1.11 bits per heavy atom. The van der Waals surface area contributed by atoms with Crippen molar-refractivity contribution in [3.8, 4) is 56.0 Å². The molecule has 7 rings (SSSR count). The minimum absolute atomic E-state index is 0.0105. The van der Waals surface area contributed by atoms with Crippen LogP contribution in [-0.4, -0.2) is 0 Å². The van der Waals surface area contributed by atoms with E-state index < -0.39 is 36.3 Å². The largest absolute Gasteiger partial charge is 0.456 e. The van der Waals surface area contributed by atoms with E-state index in [9.17, 15) is 0 Å². The Morgan fingerprint density at radius 1 is 0.429 bits per heavy atom. The summed E-state index contributed by atoms with van der Waals surface area (Å²) in [5.74, 6) is -0.442. The third-order valence-electron chi connectivity index (χ3n) is 6.26. The highest BCUT2D eigenvalue weighted by Crippen LogP contribution is 2.49. The van der Waals surface area contributed by atoms with Gasteiger partial charge < -0.3 is 4.74 Å². The second-order valence-electron chi connectivity index (χ2n) is 8.25. The second-order valence-corrected chi connectivity index (χ2v) is 8.25. The minimum atomic E-state index is -0.537. The molecule has 6 aromatic carbocycles. The summed E-state index contributed by atoms with van der Waals surface area (Å²) >= 11 is 0. The first-order chi connectivity index (χ1) is 21.1. The van der Waals surface area contributed by atoms with Crippen molar-refractivity contribution in [2.45, 2.75) is 0 Å². The van der Waals surface area contributed by atoms with E-state index in [1.807, 2.05) is 66.7 Å². The molecule has 0 spiro atoms. The third kappa shape index (κ3) is 3.25. The minimum Gasteiger partial charge on any atom is -0.456 e. The fourth-order valence-electron chi connectivity index (χ4n) is 4.61. The van der Waals surface area contributed by atoms with Crippen molar-refractivity contribution in [2.75, 3.05) is 0 Å². The molecule has 6 aromatic rings. The van der Waals surface area contributed by atoms with Gasteiger partial charge in [-0.3, -0.25) is 0 Å². The van der Waals surface area contributed by atoms with Gasteiger partial charge in [0.05, 0.1) is 12.3 Å². The average Bonchev–Trinajstić information content (AvgIpc) is 3.06. The van der Waals surface area contributed by atoms with E-state index in [0.29, 0.717) is 5.56 Å². The van der Waals surface area contributed by atoms with Crippen LogP contribution < -0.4 is 4.74 Å². The number of para-hydroxylation sites is 1. The molecule has 1 nitrogen and oxygen atoms in total. The number of rotatable bonds is 3. The molecule has 0 fully saturated rings. The normalized spacial score (nSPS) is 15.3. The van der Waals surface area contributed by atoms with Gasteiger partial charge in [-0.05, 0) is 56.4 Å². The van der Waals surface area contributed by atoms with Gasteiger partial charge in [0.15, 0.2) is 0 Å². The van der Waals surface area contributed by atoms with Crippen LogP contribution in [0.2, 0.25) is 0 Å². The van der Waals surface area contributed by atoms with Crippen LogP contribution in [0.4, 0.5) is 0 Å². The van der Waals surface area contributed by atoms with E-state index in [4.69, 9.17) is 17.1 Å². The van der Waals surface area contributed by atoms with Crippen molar-refractivity contribution >= 4 is 10.8 Å². The summed E-state index contributed by atoms with van der Waals surface area (Å²) in [4.78, 5) is 0. The summed E-state index contributed by atoms with van der Waals surface area (Å²) < 4.78 is 84.0. The van der Waals surface area contributed by atoms with Crippen molar-refractivity contribution < 1.29 is 17.1 Å². The Bertz CT molecular complexity index is 2180. The molecule has 0 unspecified atom stereocenters. The van der Waals surface area contributed by atoms with Crippen molar-refractivity contribution in [3.05, 3.63) is 133 Å². The van der Waals surface area contributed by atoms with Gasteiger partial charge in [0.25, 0.3) is 0 Å². The van der Waals surface area contributed by atoms with Crippen LogP contribution in [-0.2, 0) is 0 Å². The van der Waals surface area contributed by atoms with Crippen LogP contribution in [0, 0.1) is 0 Å². The average molecular weight is 456 g/mol. The predicted octanol–water partition coefficient (Wildman–Crippen LogP) is 9.61. The topological polar surface area (TPSA) is 9.23 Å². The van der Waals surface area contributed by atoms with Gasteiger partial charge in [0.2, 0.25) is 0 Å². The molecule has 0 N–H and O–H groups in total. The molecule has 0 bridgehead atoms. The van der Waals surface area contributed by atoms with Crippen molar-refractivity contribution in [1.82, 2.24) is 0 Å². The Morgan fingerprint density at radius 3 is 1.97 bits per heavy atom. The van der Waals surface area contributed by atoms with Crippen LogP contribution in [0.25, 0.3) is 55.3 Å². The van der Waals surface area contributed by atoms with Gasteiger partial charge in [-0.15, -0.1) is 0 Å². The van der Waals surface area contributed by atoms with Gasteiger partial charge in [0, 0.05) is 10.9 Å². The fraction of sp³-hybridized carbons (Fsp3) is 0. The molecule has 0 atom stereocenters. The molecule has 0 radical (unpaired) electrons. The molecule has 0 aliphatic carbocycles. The van der Waals surface area contributed by atoms with Crippen LogP contribution >= 0.6 is 0 Å². The van der Waals surface area contributed by atoms with E-state index in [1.54, 1.807) is 12.1 Å². The first kappa shape index (κ1) is 12.7. The molecule has 0 saturated carbocycles. The third-order valence-corrected chi connectivity index (χ3v) is 6.26. The van der Waals surface area contributed by atoms with E-state index in [0.717, 1.165) is 22.3 Å². The van der Waals surface area contributed by atoms with Crippen LogP contribution in [0.5, 0.6) is 11.5 Å². The predicted molar refractivity (Wildman–Crippen MR) is 146 cm³/mol. The second kappa shape index (κ2) is 8.00. The molecule has 35 heavy (non-hydrogen) atoms. The lowest BCUT2D eigenvalue weighted by atomic mass is 9.87. The Hall–Kier alpha value is -4.62. The lowest BCUT2D eigenvalue weighted by molar-refractivity contribution is 0.487. The fourth-order valence-corrected chi connectivity index (χ4v) is 4.61. The Kier molecular flexibility index (Phi) is 2.91. The Labute approximate surface area is 217 Å². The van der Waals surface area contributed by atoms with E-state index in [1.165, 1.54) is 0 Å². The lowest BCUT2D eigenvalue weighted by Crippen LogP contribution is -1.98. The summed E-state index contributed by atoms with van der Waals surface area (Å²) in [5, 5.41) is 0.224. The molecular weight excluding hydrogens is 424 g/mol. The molecule has 0 amide bonds. The molecule has 164 valence electrons. The highest BCUT2D eigenvalue weighted by Gasteiger charge is 2.21. The highest BCUT2D eigenvalue weighted by atomic mass is 16.5. The highest BCUT2D eigenvalue weighted by molar-refractivity contribution is 6.11. The number of benzene rings is 6.